The Morgan fingerprint density at radius 2 is 1.33 bits per heavy atom. The van der Waals surface area contributed by atoms with Gasteiger partial charge >= 0.3 is 0 Å². The second-order valence-corrected chi connectivity index (χ2v) is 16.2. The standard InChI is InChI=1S/C54H39N4O2.Pt/c1-54(2,3)39-28-41(56-34-50(37-17-9-5-10-18-37)57(35-56)40-19-11-6-12-20-40)30-43(29-39)59-42-24-25-44-46-27-38(36-15-7-4-8-16-36)23-26-48(46)58(49(44)31-42)53-32-52-47(33-55-53)45-21-13-14-22-51(45)60-52;/h4-29,32-35H,1-3H3;/q-3;. The van der Waals surface area contributed by atoms with Crippen molar-refractivity contribution in [2.75, 3.05) is 9.80 Å². The first-order valence-electron chi connectivity index (χ1n) is 20.2. The van der Waals surface area contributed by atoms with Gasteiger partial charge in [-0.05, 0) is 58.0 Å². The van der Waals surface area contributed by atoms with Crippen molar-refractivity contribution in [1.29, 1.82) is 0 Å². The van der Waals surface area contributed by atoms with Gasteiger partial charge in [0, 0.05) is 72.5 Å². The van der Waals surface area contributed by atoms with Crippen molar-refractivity contribution < 1.29 is 30.2 Å². The van der Waals surface area contributed by atoms with Crippen molar-refractivity contribution in [3.05, 3.63) is 206 Å². The second-order valence-electron chi connectivity index (χ2n) is 16.2. The first kappa shape index (κ1) is 38.3. The molecule has 0 aliphatic carbocycles. The number of nitrogens with zero attached hydrogens (tertiary/aromatic N) is 4. The van der Waals surface area contributed by atoms with E-state index in [1.54, 1.807) is 0 Å². The Morgan fingerprint density at radius 1 is 0.607 bits per heavy atom. The summed E-state index contributed by atoms with van der Waals surface area (Å²) in [6.45, 7) is 8.78. The molecule has 0 atom stereocenters. The van der Waals surface area contributed by atoms with Crippen molar-refractivity contribution in [3.8, 4) is 28.4 Å². The Balaban J connectivity index is 0.00000445. The van der Waals surface area contributed by atoms with Crippen molar-refractivity contribution in [2.24, 2.45) is 0 Å². The number of furan rings is 1. The molecular formula is C54H39N4O2Pt-3. The van der Waals surface area contributed by atoms with Gasteiger partial charge < -0.3 is 23.5 Å². The molecule has 0 radical (unpaired) electrons. The van der Waals surface area contributed by atoms with Gasteiger partial charge in [0.05, 0.1) is 0 Å². The smallest absolute Gasteiger partial charge is 0.140 e. The summed E-state index contributed by atoms with van der Waals surface area (Å²) in [5.41, 5.74) is 10.9. The molecule has 0 unspecified atom stereocenters. The number of ether oxygens (including phenoxy) is 1. The number of hydrogen-bond donors (Lipinski definition) is 0. The molecule has 0 bridgehead atoms. The third-order valence-corrected chi connectivity index (χ3v) is 11.3. The predicted octanol–water partition coefficient (Wildman–Crippen LogP) is 13.9. The summed E-state index contributed by atoms with van der Waals surface area (Å²) in [6, 6.07) is 63.8. The van der Waals surface area contributed by atoms with Crippen LogP contribution in [0.2, 0.25) is 0 Å². The second kappa shape index (κ2) is 15.3. The van der Waals surface area contributed by atoms with Gasteiger partial charge in [-0.25, -0.2) is 4.98 Å². The van der Waals surface area contributed by atoms with Crippen LogP contribution in [0.4, 0.5) is 11.4 Å². The molecule has 4 heterocycles. The van der Waals surface area contributed by atoms with Crippen LogP contribution in [0.25, 0.3) is 66.4 Å². The maximum absolute atomic E-state index is 6.80. The number of anilines is 2. The average Bonchev–Trinajstić information content (AvgIpc) is 3.99. The predicted molar refractivity (Wildman–Crippen MR) is 244 cm³/mol. The molecule has 0 amide bonds. The molecule has 6 nitrogen and oxygen atoms in total. The van der Waals surface area contributed by atoms with E-state index in [0.717, 1.165) is 88.9 Å². The molecule has 3 aromatic heterocycles. The number of pyridine rings is 1. The van der Waals surface area contributed by atoms with Crippen LogP contribution in [0.1, 0.15) is 31.9 Å². The summed E-state index contributed by atoms with van der Waals surface area (Å²) < 4.78 is 15.3. The van der Waals surface area contributed by atoms with Gasteiger partial charge in [-0.1, -0.05) is 135 Å². The minimum atomic E-state index is -0.162. The van der Waals surface area contributed by atoms with Gasteiger partial charge in [-0.15, -0.1) is 53.6 Å². The van der Waals surface area contributed by atoms with Crippen LogP contribution >= 0.6 is 0 Å². The summed E-state index contributed by atoms with van der Waals surface area (Å²) in [7, 11) is 0. The molecule has 10 aromatic rings. The van der Waals surface area contributed by atoms with Crippen molar-refractivity contribution in [1.82, 2.24) is 9.55 Å². The van der Waals surface area contributed by atoms with E-state index in [0.29, 0.717) is 11.5 Å². The fourth-order valence-corrected chi connectivity index (χ4v) is 8.20. The van der Waals surface area contributed by atoms with Gasteiger partial charge in [0.25, 0.3) is 0 Å². The maximum atomic E-state index is 6.80. The molecule has 300 valence electrons. The summed E-state index contributed by atoms with van der Waals surface area (Å²) >= 11 is 0. The van der Waals surface area contributed by atoms with E-state index in [2.05, 4.69) is 175 Å². The first-order chi connectivity index (χ1) is 29.3. The molecule has 11 rings (SSSR count). The van der Waals surface area contributed by atoms with Crippen molar-refractivity contribution in [3.63, 3.8) is 0 Å². The number of rotatable bonds is 7. The third kappa shape index (κ3) is 6.97. The molecular weight excluding hydrogens is 932 g/mol. The SMILES string of the molecule is CC(C)(C)c1cc(Oc2[c-]c3c(cc2)c2cc(-c4ccccc4)ccc2n3-c2cc3oc4ccccc4c3cn2)[c-]c(N2C=C(c3ccccc3)N(c3ccccc3)[CH-]2)c1.[Pt]. The molecule has 0 N–H and O–H groups in total. The van der Waals surface area contributed by atoms with Gasteiger partial charge in [0.2, 0.25) is 0 Å². The van der Waals surface area contributed by atoms with Crippen LogP contribution in [0.3, 0.4) is 0 Å². The molecule has 1 aliphatic heterocycles. The van der Waals surface area contributed by atoms with Gasteiger partial charge in [0.15, 0.2) is 0 Å². The maximum Gasteiger partial charge on any atom is 0.140 e. The van der Waals surface area contributed by atoms with Crippen LogP contribution in [0, 0.1) is 18.8 Å². The van der Waals surface area contributed by atoms with Crippen molar-refractivity contribution >= 4 is 60.8 Å². The van der Waals surface area contributed by atoms with E-state index >= 15 is 0 Å². The quantitative estimate of drug-likeness (QED) is 0.149. The average molecular weight is 971 g/mol. The van der Waals surface area contributed by atoms with Gasteiger partial charge in [0.1, 0.15) is 17.0 Å². The van der Waals surface area contributed by atoms with Crippen LogP contribution in [0.15, 0.2) is 181 Å². The largest absolute Gasteiger partial charge is 0.509 e. The molecule has 0 saturated carbocycles. The van der Waals surface area contributed by atoms with E-state index in [9.17, 15) is 0 Å². The van der Waals surface area contributed by atoms with Crippen LogP contribution in [-0.4, -0.2) is 9.55 Å². The third-order valence-electron chi connectivity index (χ3n) is 11.3. The Labute approximate surface area is 369 Å². The molecule has 0 fully saturated rings. The monoisotopic (exact) mass is 970 g/mol. The number of hydrogen-bond acceptors (Lipinski definition) is 5. The molecule has 1 aliphatic rings. The van der Waals surface area contributed by atoms with Gasteiger partial charge in [-0.2, -0.15) is 6.07 Å². The molecule has 7 heteroatoms. The summed E-state index contributed by atoms with van der Waals surface area (Å²) in [4.78, 5) is 9.38. The van der Waals surface area contributed by atoms with E-state index in [1.807, 2.05) is 54.7 Å². The summed E-state index contributed by atoms with van der Waals surface area (Å²) in [5.74, 6) is 1.91. The number of para-hydroxylation sites is 2. The fourth-order valence-electron chi connectivity index (χ4n) is 8.20. The molecule has 61 heavy (non-hydrogen) atoms. The number of fused-ring (bicyclic) bond motifs is 6. The van der Waals surface area contributed by atoms with Gasteiger partial charge in [-0.3, -0.25) is 0 Å². The van der Waals surface area contributed by atoms with Crippen LogP contribution in [0.5, 0.6) is 11.5 Å². The summed E-state index contributed by atoms with van der Waals surface area (Å²) in [5, 5.41) is 4.16. The number of aromatic nitrogens is 2. The fraction of sp³-hybridized carbons (Fsp3) is 0.0741. The zero-order valence-corrected chi connectivity index (χ0v) is 36.0. The molecule has 7 aromatic carbocycles. The normalized spacial score (nSPS) is 13.0. The Bertz CT molecular complexity index is 3260. The van der Waals surface area contributed by atoms with E-state index in [-0.39, 0.29) is 26.5 Å². The Kier molecular flexibility index (Phi) is 9.61. The van der Waals surface area contributed by atoms with Crippen molar-refractivity contribution in [2.45, 2.75) is 26.2 Å². The molecule has 0 spiro atoms. The van der Waals surface area contributed by atoms with E-state index < -0.39 is 0 Å². The van der Waals surface area contributed by atoms with Crippen LogP contribution < -0.4 is 14.5 Å². The number of benzene rings is 7. The zero-order chi connectivity index (χ0) is 40.4. The van der Waals surface area contributed by atoms with E-state index in [4.69, 9.17) is 14.1 Å². The topological polar surface area (TPSA) is 46.7 Å². The minimum Gasteiger partial charge on any atom is -0.509 e. The molecule has 0 saturated heterocycles. The minimum absolute atomic E-state index is 0. The van der Waals surface area contributed by atoms with Crippen LogP contribution in [-0.2, 0) is 26.5 Å². The summed E-state index contributed by atoms with van der Waals surface area (Å²) in [6.07, 6.45) is 4.07. The zero-order valence-electron chi connectivity index (χ0n) is 33.7. The van der Waals surface area contributed by atoms with E-state index in [1.165, 1.54) is 0 Å². The Hall–Kier alpha value is -6.88. The first-order valence-corrected chi connectivity index (χ1v) is 20.2. The Morgan fingerprint density at radius 3 is 2.10 bits per heavy atom.